The number of hydrogen-bond acceptors (Lipinski definition) is 3. The second-order valence-corrected chi connectivity index (χ2v) is 4.87. The van der Waals surface area contributed by atoms with Gasteiger partial charge in [-0.1, -0.05) is 12.1 Å². The largest absolute Gasteiger partial charge is 0.506 e. The number of hydrogen-bond donors (Lipinski definition) is 1. The summed E-state index contributed by atoms with van der Waals surface area (Å²) in [6.07, 6.45) is 0. The fourth-order valence-electron chi connectivity index (χ4n) is 0.872. The molecule has 1 N–H and O–H groups in total. The molecule has 13 heavy (non-hydrogen) atoms. The third-order valence-corrected chi connectivity index (χ3v) is 2.84. The standard InChI is InChI=1S/C7H6ClFO3S/c8-13(11,12)6-3-1-2-5(4-9)7(6)10/h1-3,10H,4H2. The van der Waals surface area contributed by atoms with Crippen LogP contribution in [0.15, 0.2) is 23.1 Å². The smallest absolute Gasteiger partial charge is 0.264 e. The van der Waals surface area contributed by atoms with E-state index in [9.17, 15) is 17.9 Å². The average molecular weight is 225 g/mol. The highest BCUT2D eigenvalue weighted by Crippen LogP contribution is 2.29. The van der Waals surface area contributed by atoms with E-state index in [1.807, 2.05) is 0 Å². The van der Waals surface area contributed by atoms with Crippen LogP contribution < -0.4 is 0 Å². The van der Waals surface area contributed by atoms with E-state index < -0.39 is 26.4 Å². The molecule has 0 atom stereocenters. The summed E-state index contributed by atoms with van der Waals surface area (Å²) < 4.78 is 33.8. The summed E-state index contributed by atoms with van der Waals surface area (Å²) in [5.41, 5.74) is -0.0956. The topological polar surface area (TPSA) is 54.4 Å². The van der Waals surface area contributed by atoms with Crippen molar-refractivity contribution in [2.45, 2.75) is 11.6 Å². The van der Waals surface area contributed by atoms with Gasteiger partial charge >= 0.3 is 0 Å². The fourth-order valence-corrected chi connectivity index (χ4v) is 1.85. The summed E-state index contributed by atoms with van der Waals surface area (Å²) in [4.78, 5) is -0.468. The van der Waals surface area contributed by atoms with E-state index in [1.54, 1.807) is 0 Å². The predicted octanol–water partition coefficient (Wildman–Crippen LogP) is 1.79. The monoisotopic (exact) mass is 224 g/mol. The first kappa shape index (κ1) is 10.3. The van der Waals surface area contributed by atoms with Crippen LogP contribution in [0.1, 0.15) is 5.56 Å². The van der Waals surface area contributed by atoms with Crippen LogP contribution in [0.5, 0.6) is 5.75 Å². The van der Waals surface area contributed by atoms with E-state index in [0.717, 1.165) is 6.07 Å². The number of rotatable bonds is 2. The Balaban J connectivity index is 3.41. The lowest BCUT2D eigenvalue weighted by Crippen LogP contribution is -1.93. The van der Waals surface area contributed by atoms with Crippen molar-refractivity contribution < 1.29 is 17.9 Å². The zero-order chi connectivity index (χ0) is 10.1. The van der Waals surface area contributed by atoms with Crippen molar-refractivity contribution in [1.82, 2.24) is 0 Å². The third-order valence-electron chi connectivity index (χ3n) is 1.49. The molecule has 1 aromatic carbocycles. The van der Waals surface area contributed by atoms with Gasteiger partial charge in [0.25, 0.3) is 9.05 Å². The first-order valence-electron chi connectivity index (χ1n) is 3.28. The van der Waals surface area contributed by atoms with Gasteiger partial charge in [-0.25, -0.2) is 12.8 Å². The Labute approximate surface area is 79.2 Å². The number of alkyl halides is 1. The maximum absolute atomic E-state index is 12.2. The number of phenols is 1. The van der Waals surface area contributed by atoms with Crippen molar-refractivity contribution in [2.75, 3.05) is 0 Å². The summed E-state index contributed by atoms with van der Waals surface area (Å²) in [6, 6.07) is 3.70. The highest BCUT2D eigenvalue weighted by atomic mass is 35.7. The maximum Gasteiger partial charge on any atom is 0.264 e. The molecule has 0 aliphatic heterocycles. The van der Waals surface area contributed by atoms with Crippen LogP contribution in [0, 0.1) is 0 Å². The van der Waals surface area contributed by atoms with E-state index >= 15 is 0 Å². The van der Waals surface area contributed by atoms with Gasteiger partial charge in [0.15, 0.2) is 0 Å². The fraction of sp³-hybridized carbons (Fsp3) is 0.143. The van der Waals surface area contributed by atoms with Gasteiger partial charge in [-0.05, 0) is 6.07 Å². The second-order valence-electron chi connectivity index (χ2n) is 2.34. The number of para-hydroxylation sites is 1. The summed E-state index contributed by atoms with van der Waals surface area (Å²) in [7, 11) is 0.972. The Morgan fingerprint density at radius 1 is 1.46 bits per heavy atom. The van der Waals surface area contributed by atoms with Gasteiger partial charge in [-0.3, -0.25) is 0 Å². The van der Waals surface area contributed by atoms with Gasteiger partial charge in [0, 0.05) is 16.2 Å². The van der Waals surface area contributed by atoms with E-state index in [1.165, 1.54) is 12.1 Å². The quantitative estimate of drug-likeness (QED) is 0.780. The van der Waals surface area contributed by atoms with Crippen LogP contribution >= 0.6 is 10.7 Å². The number of benzene rings is 1. The average Bonchev–Trinajstić information content (AvgIpc) is 2.02. The summed E-state index contributed by atoms with van der Waals surface area (Å²) in [5, 5.41) is 9.22. The number of aromatic hydroxyl groups is 1. The van der Waals surface area contributed by atoms with Crippen LogP contribution in [0.25, 0.3) is 0 Å². The molecule has 0 radical (unpaired) electrons. The predicted molar refractivity (Wildman–Crippen MR) is 46.0 cm³/mol. The molecule has 0 aromatic heterocycles. The molecule has 0 amide bonds. The number of halogens is 2. The van der Waals surface area contributed by atoms with Crippen LogP contribution in [-0.4, -0.2) is 13.5 Å². The molecule has 0 bridgehead atoms. The summed E-state index contributed by atoms with van der Waals surface area (Å²) in [6.45, 7) is -0.938. The van der Waals surface area contributed by atoms with Crippen LogP contribution in [0.2, 0.25) is 0 Å². The molecule has 0 heterocycles. The van der Waals surface area contributed by atoms with Crippen molar-refractivity contribution in [3.05, 3.63) is 23.8 Å². The Morgan fingerprint density at radius 3 is 2.54 bits per heavy atom. The minimum atomic E-state index is -4.01. The molecule has 0 spiro atoms. The molecule has 0 saturated heterocycles. The Kier molecular flexibility index (Phi) is 2.77. The molecule has 0 fully saturated rings. The Morgan fingerprint density at radius 2 is 2.08 bits per heavy atom. The van der Waals surface area contributed by atoms with Crippen LogP contribution in [0.4, 0.5) is 4.39 Å². The van der Waals surface area contributed by atoms with Crippen molar-refractivity contribution in [3.8, 4) is 5.75 Å². The molecular weight excluding hydrogens is 219 g/mol. The minimum absolute atomic E-state index is 0.0956. The third kappa shape index (κ3) is 2.10. The van der Waals surface area contributed by atoms with Gasteiger partial charge < -0.3 is 5.11 Å². The lowest BCUT2D eigenvalue weighted by molar-refractivity contribution is 0.422. The first-order valence-corrected chi connectivity index (χ1v) is 5.59. The van der Waals surface area contributed by atoms with Gasteiger partial charge in [-0.15, -0.1) is 0 Å². The Bertz CT molecular complexity index is 416. The minimum Gasteiger partial charge on any atom is -0.506 e. The summed E-state index contributed by atoms with van der Waals surface area (Å²) >= 11 is 0. The van der Waals surface area contributed by atoms with E-state index in [2.05, 4.69) is 0 Å². The zero-order valence-electron chi connectivity index (χ0n) is 6.37. The van der Waals surface area contributed by atoms with Gasteiger partial charge in [0.05, 0.1) is 0 Å². The highest BCUT2D eigenvalue weighted by Gasteiger charge is 2.17. The molecule has 1 rings (SSSR count). The lowest BCUT2D eigenvalue weighted by atomic mass is 10.2. The highest BCUT2D eigenvalue weighted by molar-refractivity contribution is 8.13. The molecule has 0 aliphatic rings. The van der Waals surface area contributed by atoms with Gasteiger partial charge in [0.1, 0.15) is 17.3 Å². The zero-order valence-corrected chi connectivity index (χ0v) is 7.94. The molecule has 1 aromatic rings. The molecule has 0 aliphatic carbocycles. The molecule has 0 saturated carbocycles. The van der Waals surface area contributed by atoms with Gasteiger partial charge in [0.2, 0.25) is 0 Å². The van der Waals surface area contributed by atoms with E-state index in [0.29, 0.717) is 0 Å². The normalized spacial score (nSPS) is 11.5. The van der Waals surface area contributed by atoms with Gasteiger partial charge in [-0.2, -0.15) is 0 Å². The SMILES string of the molecule is O=S(=O)(Cl)c1cccc(CF)c1O. The lowest BCUT2D eigenvalue weighted by Gasteiger charge is -2.03. The van der Waals surface area contributed by atoms with E-state index in [-0.39, 0.29) is 5.56 Å². The first-order chi connectivity index (χ1) is 5.96. The molecule has 6 heteroatoms. The molecule has 72 valence electrons. The molecule has 3 nitrogen and oxygen atoms in total. The molecule has 0 unspecified atom stereocenters. The van der Waals surface area contributed by atoms with Crippen molar-refractivity contribution in [2.24, 2.45) is 0 Å². The van der Waals surface area contributed by atoms with Crippen LogP contribution in [-0.2, 0) is 15.7 Å². The molecular formula is C7H6ClFO3S. The number of phenolic OH excluding ortho intramolecular Hbond substituents is 1. The van der Waals surface area contributed by atoms with Crippen molar-refractivity contribution >= 4 is 19.7 Å². The Hall–Kier alpha value is -0.810. The van der Waals surface area contributed by atoms with Crippen molar-refractivity contribution in [3.63, 3.8) is 0 Å². The van der Waals surface area contributed by atoms with E-state index in [4.69, 9.17) is 10.7 Å². The maximum atomic E-state index is 12.2. The van der Waals surface area contributed by atoms with Crippen molar-refractivity contribution in [1.29, 1.82) is 0 Å². The summed E-state index contributed by atoms with van der Waals surface area (Å²) in [5.74, 6) is -0.625. The second kappa shape index (κ2) is 3.51. The van der Waals surface area contributed by atoms with Crippen LogP contribution in [0.3, 0.4) is 0 Å².